The summed E-state index contributed by atoms with van der Waals surface area (Å²) in [7, 11) is 0. The maximum atomic E-state index is 12.0. The van der Waals surface area contributed by atoms with E-state index in [9.17, 15) is 4.79 Å². The van der Waals surface area contributed by atoms with Gasteiger partial charge in [0, 0.05) is 17.6 Å². The van der Waals surface area contributed by atoms with E-state index in [4.69, 9.17) is 16.9 Å². The number of hydrogen-bond donors (Lipinski definition) is 1. The summed E-state index contributed by atoms with van der Waals surface area (Å²) in [6, 6.07) is 5.08. The molecule has 1 aromatic heterocycles. The topological polar surface area (TPSA) is 65.8 Å². The minimum Gasteiger partial charge on any atom is -0.346 e. The molecule has 0 aliphatic heterocycles. The van der Waals surface area contributed by atoms with Crippen molar-refractivity contribution in [3.8, 4) is 6.07 Å². The number of pyridine rings is 1. The highest BCUT2D eigenvalue weighted by Crippen LogP contribution is 2.16. The molecule has 0 aliphatic rings. The van der Waals surface area contributed by atoms with Gasteiger partial charge in [0.1, 0.15) is 11.8 Å². The third kappa shape index (κ3) is 3.71. The molecular weight excluding hydrogens is 250 g/mol. The number of nitriles is 1. The van der Waals surface area contributed by atoms with E-state index in [0.717, 1.165) is 6.42 Å². The number of rotatable bonds is 5. The molecule has 4 nitrogen and oxygen atoms in total. The van der Waals surface area contributed by atoms with E-state index in [2.05, 4.69) is 10.3 Å². The average Bonchev–Trinajstić information content (AvgIpc) is 2.39. The molecule has 1 aromatic rings. The number of aromatic nitrogens is 1. The van der Waals surface area contributed by atoms with Crippen LogP contribution in [-0.4, -0.2) is 22.3 Å². The molecule has 5 heteroatoms. The van der Waals surface area contributed by atoms with Crippen molar-refractivity contribution in [3.63, 3.8) is 0 Å². The van der Waals surface area contributed by atoms with Gasteiger partial charge in [-0.1, -0.05) is 6.92 Å². The number of nitrogens with zero attached hydrogens (tertiary/aromatic N) is 2. The van der Waals surface area contributed by atoms with Gasteiger partial charge in [0.2, 0.25) is 0 Å². The number of hydrogen-bond acceptors (Lipinski definition) is 3. The molecule has 18 heavy (non-hydrogen) atoms. The van der Waals surface area contributed by atoms with E-state index >= 15 is 0 Å². The highest BCUT2D eigenvalue weighted by molar-refractivity contribution is 6.17. The van der Waals surface area contributed by atoms with Crippen LogP contribution in [0.15, 0.2) is 18.3 Å². The Hall–Kier alpha value is -1.60. The van der Waals surface area contributed by atoms with Gasteiger partial charge in [0.05, 0.1) is 5.56 Å². The van der Waals surface area contributed by atoms with Crippen molar-refractivity contribution in [2.24, 2.45) is 0 Å². The lowest BCUT2D eigenvalue weighted by Crippen LogP contribution is -2.46. The molecule has 96 valence electrons. The number of alkyl halides is 1. The Morgan fingerprint density at radius 3 is 2.78 bits per heavy atom. The van der Waals surface area contributed by atoms with Crippen molar-refractivity contribution in [1.82, 2.24) is 10.3 Å². The van der Waals surface area contributed by atoms with Crippen LogP contribution in [0.1, 0.15) is 42.7 Å². The van der Waals surface area contributed by atoms with Gasteiger partial charge < -0.3 is 5.32 Å². The first-order valence-corrected chi connectivity index (χ1v) is 6.32. The molecule has 0 aromatic carbocycles. The Balaban J connectivity index is 2.78. The Labute approximate surface area is 112 Å². The van der Waals surface area contributed by atoms with E-state index in [0.29, 0.717) is 23.6 Å². The first-order valence-electron chi connectivity index (χ1n) is 5.79. The zero-order chi connectivity index (χ0) is 13.6. The lowest BCUT2D eigenvalue weighted by molar-refractivity contribution is 0.0896. The number of nitrogens with one attached hydrogen (secondary N) is 1. The Morgan fingerprint density at radius 1 is 1.61 bits per heavy atom. The van der Waals surface area contributed by atoms with E-state index in [1.165, 1.54) is 6.20 Å². The monoisotopic (exact) mass is 265 g/mol. The fraction of sp³-hybridized carbons (Fsp3) is 0.462. The van der Waals surface area contributed by atoms with Crippen LogP contribution in [0.4, 0.5) is 0 Å². The summed E-state index contributed by atoms with van der Waals surface area (Å²) in [4.78, 5) is 16.0. The van der Waals surface area contributed by atoms with E-state index < -0.39 is 0 Å². The van der Waals surface area contributed by atoms with E-state index in [1.54, 1.807) is 12.1 Å². The summed E-state index contributed by atoms with van der Waals surface area (Å²) in [6.45, 7) is 3.95. The first-order chi connectivity index (χ1) is 8.54. The van der Waals surface area contributed by atoms with Crippen LogP contribution >= 0.6 is 11.6 Å². The zero-order valence-corrected chi connectivity index (χ0v) is 11.3. The number of halogens is 1. The molecule has 1 heterocycles. The third-order valence-electron chi connectivity index (χ3n) is 2.97. The summed E-state index contributed by atoms with van der Waals surface area (Å²) in [5.74, 6) is 0.250. The largest absolute Gasteiger partial charge is 0.346 e. The SMILES string of the molecule is CCC(C)(CCCl)NC(=O)c1ccc(C#N)cn1. The highest BCUT2D eigenvalue weighted by atomic mass is 35.5. The predicted molar refractivity (Wildman–Crippen MR) is 70.5 cm³/mol. The smallest absolute Gasteiger partial charge is 0.270 e. The molecular formula is C13H16ClN3O. The van der Waals surface area contributed by atoms with Crippen molar-refractivity contribution in [2.75, 3.05) is 5.88 Å². The molecule has 0 spiro atoms. The maximum absolute atomic E-state index is 12.0. The van der Waals surface area contributed by atoms with Crippen molar-refractivity contribution in [2.45, 2.75) is 32.2 Å². The van der Waals surface area contributed by atoms with Crippen LogP contribution in [0.3, 0.4) is 0 Å². The van der Waals surface area contributed by atoms with E-state index in [-0.39, 0.29) is 11.4 Å². The highest BCUT2D eigenvalue weighted by Gasteiger charge is 2.24. The summed E-state index contributed by atoms with van der Waals surface area (Å²) in [5, 5.41) is 11.6. The summed E-state index contributed by atoms with van der Waals surface area (Å²) in [6.07, 6.45) is 2.88. The molecule has 0 radical (unpaired) electrons. The molecule has 0 aliphatic carbocycles. The van der Waals surface area contributed by atoms with Crippen LogP contribution in [0.2, 0.25) is 0 Å². The van der Waals surface area contributed by atoms with Crippen molar-refractivity contribution < 1.29 is 4.79 Å². The van der Waals surface area contributed by atoms with E-state index in [1.807, 2.05) is 19.9 Å². The van der Waals surface area contributed by atoms with Gasteiger partial charge >= 0.3 is 0 Å². The Bertz CT molecular complexity index is 452. The van der Waals surface area contributed by atoms with Crippen LogP contribution in [-0.2, 0) is 0 Å². The zero-order valence-electron chi connectivity index (χ0n) is 10.5. The fourth-order valence-corrected chi connectivity index (χ4v) is 1.89. The molecule has 0 saturated heterocycles. The molecule has 0 bridgehead atoms. The molecule has 1 N–H and O–H groups in total. The van der Waals surface area contributed by atoms with Crippen LogP contribution < -0.4 is 5.32 Å². The van der Waals surface area contributed by atoms with Gasteiger partial charge in [-0.15, -0.1) is 11.6 Å². The summed E-state index contributed by atoms with van der Waals surface area (Å²) < 4.78 is 0. The third-order valence-corrected chi connectivity index (χ3v) is 3.16. The van der Waals surface area contributed by atoms with Crippen LogP contribution in [0.25, 0.3) is 0 Å². The van der Waals surface area contributed by atoms with Crippen molar-refractivity contribution in [3.05, 3.63) is 29.6 Å². The minimum atomic E-state index is -0.325. The molecule has 0 fully saturated rings. The second-order valence-corrected chi connectivity index (χ2v) is 4.73. The molecule has 0 saturated carbocycles. The number of carbonyl (C=O) groups is 1. The standard InChI is InChI=1S/C13H16ClN3O/c1-3-13(2,6-7-14)17-12(18)11-5-4-10(8-15)9-16-11/h4-5,9H,3,6-7H2,1-2H3,(H,17,18). The quantitative estimate of drug-likeness (QED) is 0.832. The van der Waals surface area contributed by atoms with Crippen LogP contribution in [0, 0.1) is 11.3 Å². The van der Waals surface area contributed by atoms with Crippen LogP contribution in [0.5, 0.6) is 0 Å². The van der Waals surface area contributed by atoms with Crippen molar-refractivity contribution >= 4 is 17.5 Å². The average molecular weight is 266 g/mol. The normalized spacial score (nSPS) is 13.4. The number of carbonyl (C=O) groups excluding carboxylic acids is 1. The molecule has 1 atom stereocenters. The summed E-state index contributed by atoms with van der Waals surface area (Å²) in [5.41, 5.74) is 0.419. The molecule has 1 unspecified atom stereocenters. The lowest BCUT2D eigenvalue weighted by atomic mass is 9.95. The molecule has 1 amide bonds. The molecule has 1 rings (SSSR count). The maximum Gasteiger partial charge on any atom is 0.270 e. The Kier molecular flexibility index (Phi) is 5.11. The predicted octanol–water partition coefficient (Wildman–Crippen LogP) is 2.48. The van der Waals surface area contributed by atoms with Crippen molar-refractivity contribution in [1.29, 1.82) is 5.26 Å². The lowest BCUT2D eigenvalue weighted by Gasteiger charge is -2.28. The first kappa shape index (κ1) is 14.5. The second kappa shape index (κ2) is 6.36. The fourth-order valence-electron chi connectivity index (χ4n) is 1.47. The minimum absolute atomic E-state index is 0.242. The summed E-state index contributed by atoms with van der Waals surface area (Å²) >= 11 is 5.73. The van der Waals surface area contributed by atoms with Gasteiger partial charge in [0.15, 0.2) is 0 Å². The van der Waals surface area contributed by atoms with Gasteiger partial charge in [-0.3, -0.25) is 4.79 Å². The van der Waals surface area contributed by atoms with Gasteiger partial charge in [-0.05, 0) is 31.9 Å². The second-order valence-electron chi connectivity index (χ2n) is 4.35. The van der Waals surface area contributed by atoms with Gasteiger partial charge in [-0.25, -0.2) is 4.98 Å². The Morgan fingerprint density at radius 2 is 2.33 bits per heavy atom. The number of amides is 1. The van der Waals surface area contributed by atoms with Gasteiger partial charge in [-0.2, -0.15) is 5.26 Å². The van der Waals surface area contributed by atoms with Gasteiger partial charge in [0.25, 0.3) is 5.91 Å².